The third-order valence-electron chi connectivity index (χ3n) is 5.57. The molecule has 8 nitrogen and oxygen atoms in total. The lowest BCUT2D eigenvalue weighted by Gasteiger charge is -2.37. The van der Waals surface area contributed by atoms with Gasteiger partial charge < -0.3 is 9.80 Å². The number of anilines is 1. The number of nitrogens with one attached hydrogen (secondary N) is 1. The molecule has 1 aromatic rings. The molecule has 0 radical (unpaired) electrons. The average molecular weight is 422 g/mol. The monoisotopic (exact) mass is 421 g/mol. The van der Waals surface area contributed by atoms with Gasteiger partial charge in [-0.2, -0.15) is 0 Å². The van der Waals surface area contributed by atoms with E-state index in [9.17, 15) is 18.0 Å². The fourth-order valence-electron chi connectivity index (χ4n) is 3.83. The van der Waals surface area contributed by atoms with Crippen molar-refractivity contribution >= 4 is 33.4 Å². The minimum Gasteiger partial charge on any atom is -0.367 e. The van der Waals surface area contributed by atoms with Crippen LogP contribution in [0.2, 0.25) is 0 Å². The van der Waals surface area contributed by atoms with Crippen LogP contribution in [0.3, 0.4) is 0 Å². The highest BCUT2D eigenvalue weighted by Gasteiger charge is 2.28. The van der Waals surface area contributed by atoms with Crippen LogP contribution in [-0.4, -0.2) is 68.0 Å². The molecule has 2 fully saturated rings. The van der Waals surface area contributed by atoms with E-state index in [2.05, 4.69) is 4.90 Å². The van der Waals surface area contributed by atoms with Crippen molar-refractivity contribution in [1.29, 1.82) is 0 Å². The van der Waals surface area contributed by atoms with Gasteiger partial charge in [0.1, 0.15) is 9.84 Å². The molecule has 2 aliphatic heterocycles. The second-order valence-corrected chi connectivity index (χ2v) is 9.84. The van der Waals surface area contributed by atoms with E-state index in [1.54, 1.807) is 11.6 Å². The fourth-order valence-corrected chi connectivity index (χ4v) is 5.42. The second kappa shape index (κ2) is 9.41. The third-order valence-corrected chi connectivity index (χ3v) is 7.29. The van der Waals surface area contributed by atoms with E-state index in [1.165, 1.54) is 6.08 Å². The van der Waals surface area contributed by atoms with Gasteiger partial charge in [0.05, 0.1) is 11.5 Å². The van der Waals surface area contributed by atoms with Crippen molar-refractivity contribution in [3.8, 4) is 0 Å². The Kier molecular flexibility index (Phi) is 6.92. The van der Waals surface area contributed by atoms with Gasteiger partial charge in [0.15, 0.2) is 0 Å². The topological polar surface area (TPSA) is 107 Å². The third kappa shape index (κ3) is 5.80. The summed E-state index contributed by atoms with van der Waals surface area (Å²) >= 11 is 0. The summed E-state index contributed by atoms with van der Waals surface area (Å²) in [6, 6.07) is 7.67. The molecule has 9 heteroatoms. The second-order valence-electron chi connectivity index (χ2n) is 7.54. The molecule has 2 amide bonds. The average Bonchev–Trinajstić information content (AvgIpc) is 2.73. The summed E-state index contributed by atoms with van der Waals surface area (Å²) in [5.41, 5.74) is 3.41. The summed E-state index contributed by atoms with van der Waals surface area (Å²) in [6.45, 7) is 2.59. The zero-order valence-electron chi connectivity index (χ0n) is 16.3. The van der Waals surface area contributed by atoms with Crippen molar-refractivity contribution in [2.24, 2.45) is 5.92 Å². The maximum atomic E-state index is 12.6. The van der Waals surface area contributed by atoms with E-state index in [0.29, 0.717) is 45.4 Å². The van der Waals surface area contributed by atoms with Gasteiger partial charge in [0, 0.05) is 44.4 Å². The molecule has 2 aliphatic rings. The fraction of sp³-hybridized carbons (Fsp3) is 0.500. The van der Waals surface area contributed by atoms with Crippen LogP contribution in [-0.2, 0) is 19.4 Å². The van der Waals surface area contributed by atoms with E-state index in [0.717, 1.165) is 11.3 Å². The van der Waals surface area contributed by atoms with Crippen LogP contribution in [0, 0.1) is 5.92 Å². The quantitative estimate of drug-likeness (QED) is 0.418. The summed E-state index contributed by atoms with van der Waals surface area (Å²) in [5, 5.41) is 8.63. The number of nitrogens with zero attached hydrogens (tertiary/aromatic N) is 2. The van der Waals surface area contributed by atoms with Crippen molar-refractivity contribution < 1.29 is 23.2 Å². The lowest BCUT2D eigenvalue weighted by Crippen LogP contribution is -2.49. The standard InChI is InChI=1S/C20H27N3O5S/c24-19(21-26)6-5-17-3-1-2-4-18(17)22-9-11-23(12-10-22)20(25)15-16-7-13-29(27,28)14-8-16/h1-6,16,26H,7-15H2,(H,21,24). The number of hydrogen-bond donors (Lipinski definition) is 2. The highest BCUT2D eigenvalue weighted by molar-refractivity contribution is 7.91. The largest absolute Gasteiger partial charge is 0.367 e. The summed E-state index contributed by atoms with van der Waals surface area (Å²) < 4.78 is 23.1. The molecule has 0 saturated carbocycles. The Hall–Kier alpha value is -2.39. The maximum absolute atomic E-state index is 12.6. The Bertz CT molecular complexity index is 862. The molecule has 2 saturated heterocycles. The van der Waals surface area contributed by atoms with E-state index in [1.807, 2.05) is 29.2 Å². The zero-order chi connectivity index (χ0) is 20.9. The van der Waals surface area contributed by atoms with Gasteiger partial charge in [-0.3, -0.25) is 14.8 Å². The van der Waals surface area contributed by atoms with E-state index in [4.69, 9.17) is 5.21 Å². The predicted molar refractivity (Wildman–Crippen MR) is 110 cm³/mol. The number of hydroxylamine groups is 1. The summed E-state index contributed by atoms with van der Waals surface area (Å²) in [7, 11) is -2.91. The Labute approximate surface area is 171 Å². The van der Waals surface area contributed by atoms with Gasteiger partial charge in [0.2, 0.25) is 5.91 Å². The van der Waals surface area contributed by atoms with Crippen molar-refractivity contribution in [3.05, 3.63) is 35.9 Å². The van der Waals surface area contributed by atoms with Gasteiger partial charge in [-0.25, -0.2) is 13.9 Å². The molecule has 2 heterocycles. The minimum atomic E-state index is -2.91. The van der Waals surface area contributed by atoms with Crippen molar-refractivity contribution in [2.75, 3.05) is 42.6 Å². The van der Waals surface area contributed by atoms with Crippen molar-refractivity contribution in [1.82, 2.24) is 10.4 Å². The molecule has 0 aromatic heterocycles. The van der Waals surface area contributed by atoms with Crippen molar-refractivity contribution in [3.63, 3.8) is 0 Å². The van der Waals surface area contributed by atoms with E-state index >= 15 is 0 Å². The van der Waals surface area contributed by atoms with Crippen LogP contribution >= 0.6 is 0 Å². The molecule has 0 unspecified atom stereocenters. The molecule has 29 heavy (non-hydrogen) atoms. The molecule has 2 N–H and O–H groups in total. The Morgan fingerprint density at radius 1 is 1.10 bits per heavy atom. The van der Waals surface area contributed by atoms with Gasteiger partial charge in [0.25, 0.3) is 5.91 Å². The lowest BCUT2D eigenvalue weighted by atomic mass is 9.98. The van der Waals surface area contributed by atoms with Gasteiger partial charge >= 0.3 is 0 Å². The summed E-state index contributed by atoms with van der Waals surface area (Å²) in [5.74, 6) is 0.0503. The van der Waals surface area contributed by atoms with E-state index < -0.39 is 15.7 Å². The van der Waals surface area contributed by atoms with Gasteiger partial charge in [-0.15, -0.1) is 0 Å². The number of amides is 2. The van der Waals surface area contributed by atoms with Crippen molar-refractivity contribution in [2.45, 2.75) is 19.3 Å². The summed E-state index contributed by atoms with van der Waals surface area (Å²) in [4.78, 5) is 27.9. The van der Waals surface area contributed by atoms with Gasteiger partial charge in [-0.1, -0.05) is 18.2 Å². The highest BCUT2D eigenvalue weighted by atomic mass is 32.2. The SMILES string of the molecule is O=C(C=Cc1ccccc1N1CCN(C(=O)CC2CCS(=O)(=O)CC2)CC1)NO. The number of piperazine rings is 1. The number of carbonyl (C=O) groups is 2. The number of hydrogen-bond acceptors (Lipinski definition) is 6. The van der Waals surface area contributed by atoms with Crippen LogP contribution < -0.4 is 10.4 Å². The number of rotatable bonds is 5. The molecule has 1 aromatic carbocycles. The molecular formula is C20H27N3O5S. The predicted octanol–water partition coefficient (Wildman–Crippen LogP) is 1.07. The Morgan fingerprint density at radius 3 is 2.41 bits per heavy atom. The first-order valence-electron chi connectivity index (χ1n) is 9.82. The van der Waals surface area contributed by atoms with Crippen LogP contribution in [0.4, 0.5) is 5.69 Å². The molecule has 158 valence electrons. The smallest absolute Gasteiger partial charge is 0.267 e. The number of carbonyl (C=O) groups excluding carboxylic acids is 2. The lowest BCUT2D eigenvalue weighted by molar-refractivity contribution is -0.132. The zero-order valence-corrected chi connectivity index (χ0v) is 17.1. The molecule has 0 aliphatic carbocycles. The van der Waals surface area contributed by atoms with Crippen LogP contribution in [0.25, 0.3) is 6.08 Å². The van der Waals surface area contributed by atoms with Crippen LogP contribution in [0.1, 0.15) is 24.8 Å². The molecular weight excluding hydrogens is 394 g/mol. The minimum absolute atomic E-state index is 0.0988. The first-order chi connectivity index (χ1) is 13.9. The Morgan fingerprint density at radius 2 is 1.76 bits per heavy atom. The normalized spacial score (nSPS) is 20.0. The summed E-state index contributed by atoms with van der Waals surface area (Å²) in [6.07, 6.45) is 4.49. The molecule has 0 spiro atoms. The molecule has 3 rings (SSSR count). The maximum Gasteiger partial charge on any atom is 0.267 e. The number of benzene rings is 1. The number of para-hydroxylation sites is 1. The van der Waals surface area contributed by atoms with Crippen LogP contribution in [0.15, 0.2) is 30.3 Å². The number of sulfone groups is 1. The first-order valence-corrected chi connectivity index (χ1v) is 11.6. The highest BCUT2D eigenvalue weighted by Crippen LogP contribution is 2.25. The van der Waals surface area contributed by atoms with Crippen LogP contribution in [0.5, 0.6) is 0 Å². The molecule has 0 atom stereocenters. The van der Waals surface area contributed by atoms with Gasteiger partial charge in [-0.05, 0) is 36.5 Å². The molecule has 0 bridgehead atoms. The Balaban J connectivity index is 1.55. The first kappa shape index (κ1) is 21.3. The van der Waals surface area contributed by atoms with E-state index in [-0.39, 0.29) is 23.3 Å².